The highest BCUT2D eigenvalue weighted by Crippen LogP contribution is 2.24. The summed E-state index contributed by atoms with van der Waals surface area (Å²) in [5.74, 6) is 0.847. The van der Waals surface area contributed by atoms with Gasteiger partial charge in [0.05, 0.1) is 0 Å². The van der Waals surface area contributed by atoms with Crippen molar-refractivity contribution >= 4 is 47.2 Å². The molecule has 0 unspecified atom stereocenters. The summed E-state index contributed by atoms with van der Waals surface area (Å²) in [6.45, 7) is 5.45. The van der Waals surface area contributed by atoms with Gasteiger partial charge in [0, 0.05) is 31.1 Å². The monoisotopic (exact) mass is 502 g/mol. The summed E-state index contributed by atoms with van der Waals surface area (Å²) in [4.78, 5) is 20.4. The molecule has 1 aliphatic heterocycles. The molecular formula is C20H31IN4OS. The van der Waals surface area contributed by atoms with E-state index in [0.29, 0.717) is 0 Å². The van der Waals surface area contributed by atoms with Gasteiger partial charge in [-0.1, -0.05) is 11.6 Å². The zero-order valence-corrected chi connectivity index (χ0v) is 19.3. The van der Waals surface area contributed by atoms with Gasteiger partial charge < -0.3 is 15.5 Å². The number of hydrogen-bond donors (Lipinski definition) is 2. The van der Waals surface area contributed by atoms with Crippen LogP contribution in [0.5, 0.6) is 0 Å². The molecule has 2 N–H and O–H groups in total. The van der Waals surface area contributed by atoms with Crippen molar-refractivity contribution in [3.63, 3.8) is 0 Å². The van der Waals surface area contributed by atoms with Gasteiger partial charge in [-0.3, -0.25) is 4.79 Å². The molecule has 7 heteroatoms. The van der Waals surface area contributed by atoms with E-state index in [1.54, 1.807) is 16.9 Å². The van der Waals surface area contributed by atoms with Gasteiger partial charge in [0.2, 0.25) is 5.91 Å². The van der Waals surface area contributed by atoms with Gasteiger partial charge >= 0.3 is 0 Å². The predicted octanol–water partition coefficient (Wildman–Crippen LogP) is 3.70. The normalized spacial score (nSPS) is 16.9. The highest BCUT2D eigenvalue weighted by molar-refractivity contribution is 14.0. The fraction of sp³-hybridized carbons (Fsp3) is 0.600. The number of carbonyl (C=O) groups excluding carboxylic acids is 1. The van der Waals surface area contributed by atoms with Crippen molar-refractivity contribution in [2.24, 2.45) is 4.99 Å². The van der Waals surface area contributed by atoms with Gasteiger partial charge in [-0.05, 0) is 62.5 Å². The molecule has 1 amide bonds. The standard InChI is InChI=1S/C20H30N4OS.HI/c1-2-21-20(22-11-8-16-6-4-3-5-7-16)23-14-19(25)24-12-9-18-17(15-24)10-13-26-18;/h6,10,13H,2-5,7-9,11-12,14-15H2,1H3,(H2,21,22,23);1H. The number of halogens is 1. The molecule has 5 nitrogen and oxygen atoms in total. The second-order valence-electron chi connectivity index (χ2n) is 6.91. The summed E-state index contributed by atoms with van der Waals surface area (Å²) in [6, 6.07) is 2.13. The maximum absolute atomic E-state index is 12.5. The number of allylic oxidation sites excluding steroid dienone is 1. The van der Waals surface area contributed by atoms with E-state index >= 15 is 0 Å². The Morgan fingerprint density at radius 3 is 2.96 bits per heavy atom. The SMILES string of the molecule is CCNC(=NCC(=O)N1CCc2sccc2C1)NCCC1=CCCCC1.I. The number of rotatable bonds is 6. The highest BCUT2D eigenvalue weighted by atomic mass is 127. The molecule has 27 heavy (non-hydrogen) atoms. The number of aliphatic imine (C=N–C) groups is 1. The van der Waals surface area contributed by atoms with Crippen LogP contribution in [-0.2, 0) is 17.8 Å². The fourth-order valence-electron chi connectivity index (χ4n) is 3.52. The van der Waals surface area contributed by atoms with Gasteiger partial charge in [0.25, 0.3) is 0 Å². The molecular weight excluding hydrogens is 471 g/mol. The van der Waals surface area contributed by atoms with Crippen molar-refractivity contribution in [3.8, 4) is 0 Å². The van der Waals surface area contributed by atoms with Gasteiger partial charge in [0.15, 0.2) is 5.96 Å². The van der Waals surface area contributed by atoms with Crippen LogP contribution in [0.1, 0.15) is 49.5 Å². The van der Waals surface area contributed by atoms with Crippen molar-refractivity contribution in [1.29, 1.82) is 0 Å². The lowest BCUT2D eigenvalue weighted by atomic mass is 9.97. The third kappa shape index (κ3) is 6.78. The molecule has 2 aliphatic rings. The Morgan fingerprint density at radius 1 is 1.30 bits per heavy atom. The van der Waals surface area contributed by atoms with Gasteiger partial charge in [-0.15, -0.1) is 35.3 Å². The van der Waals surface area contributed by atoms with Gasteiger partial charge in [0.1, 0.15) is 6.54 Å². The summed E-state index contributed by atoms with van der Waals surface area (Å²) < 4.78 is 0. The largest absolute Gasteiger partial charge is 0.357 e. The Balaban J connectivity index is 0.00000261. The Kier molecular flexibility index (Phi) is 9.61. The van der Waals surface area contributed by atoms with Crippen LogP contribution < -0.4 is 10.6 Å². The van der Waals surface area contributed by atoms with Crippen LogP contribution in [0.25, 0.3) is 0 Å². The number of amides is 1. The Labute approximate surface area is 183 Å². The Hall–Kier alpha value is -1.09. The van der Waals surface area contributed by atoms with Crippen molar-refractivity contribution in [2.45, 2.75) is 52.0 Å². The third-order valence-corrected chi connectivity index (χ3v) is 6.02. The Bertz CT molecular complexity index is 671. The zero-order valence-electron chi connectivity index (χ0n) is 16.1. The number of thiophene rings is 1. The van der Waals surface area contributed by atoms with Crippen molar-refractivity contribution < 1.29 is 4.79 Å². The van der Waals surface area contributed by atoms with E-state index in [-0.39, 0.29) is 36.4 Å². The van der Waals surface area contributed by atoms with Crippen LogP contribution in [0.2, 0.25) is 0 Å². The van der Waals surface area contributed by atoms with Crippen LogP contribution in [-0.4, -0.2) is 42.9 Å². The summed E-state index contributed by atoms with van der Waals surface area (Å²) in [6.07, 6.45) is 9.50. The first-order chi connectivity index (χ1) is 12.8. The molecule has 0 saturated heterocycles. The number of hydrogen-bond acceptors (Lipinski definition) is 3. The average Bonchev–Trinajstić information content (AvgIpc) is 3.14. The molecule has 0 radical (unpaired) electrons. The van der Waals surface area contributed by atoms with Crippen LogP contribution in [0, 0.1) is 0 Å². The molecule has 0 atom stereocenters. The Morgan fingerprint density at radius 2 is 2.19 bits per heavy atom. The van der Waals surface area contributed by atoms with E-state index in [0.717, 1.165) is 45.0 Å². The van der Waals surface area contributed by atoms with Gasteiger partial charge in [-0.25, -0.2) is 4.99 Å². The topological polar surface area (TPSA) is 56.7 Å². The first-order valence-electron chi connectivity index (χ1n) is 9.79. The number of nitrogens with zero attached hydrogens (tertiary/aromatic N) is 2. The molecule has 0 spiro atoms. The average molecular weight is 502 g/mol. The smallest absolute Gasteiger partial charge is 0.244 e. The maximum Gasteiger partial charge on any atom is 0.244 e. The summed E-state index contributed by atoms with van der Waals surface area (Å²) in [5.41, 5.74) is 2.85. The maximum atomic E-state index is 12.5. The number of nitrogens with one attached hydrogen (secondary N) is 2. The van der Waals surface area contributed by atoms with E-state index < -0.39 is 0 Å². The molecule has 1 aromatic rings. The van der Waals surface area contributed by atoms with Crippen molar-refractivity contribution in [1.82, 2.24) is 15.5 Å². The summed E-state index contributed by atoms with van der Waals surface area (Å²) >= 11 is 1.79. The van der Waals surface area contributed by atoms with E-state index in [1.165, 1.54) is 36.1 Å². The minimum atomic E-state index is 0. The molecule has 0 saturated carbocycles. The summed E-state index contributed by atoms with van der Waals surface area (Å²) in [5, 5.41) is 8.72. The molecule has 0 fully saturated rings. The number of carbonyl (C=O) groups is 1. The molecule has 150 valence electrons. The summed E-state index contributed by atoms with van der Waals surface area (Å²) in [7, 11) is 0. The minimum absolute atomic E-state index is 0. The van der Waals surface area contributed by atoms with Crippen molar-refractivity contribution in [2.75, 3.05) is 26.2 Å². The van der Waals surface area contributed by atoms with E-state index in [9.17, 15) is 4.79 Å². The number of fused-ring (bicyclic) bond motifs is 1. The zero-order chi connectivity index (χ0) is 18.2. The lowest BCUT2D eigenvalue weighted by Crippen LogP contribution is -2.40. The van der Waals surface area contributed by atoms with E-state index in [1.807, 2.05) is 11.8 Å². The van der Waals surface area contributed by atoms with E-state index in [4.69, 9.17) is 0 Å². The molecule has 1 aliphatic carbocycles. The lowest BCUT2D eigenvalue weighted by molar-refractivity contribution is -0.130. The predicted molar refractivity (Wildman–Crippen MR) is 124 cm³/mol. The minimum Gasteiger partial charge on any atom is -0.357 e. The van der Waals surface area contributed by atoms with Crippen LogP contribution in [0.15, 0.2) is 28.1 Å². The second-order valence-corrected chi connectivity index (χ2v) is 7.92. The van der Waals surface area contributed by atoms with Crippen molar-refractivity contribution in [3.05, 3.63) is 33.5 Å². The first kappa shape index (κ1) is 22.2. The molecule has 3 rings (SSSR count). The van der Waals surface area contributed by atoms with Crippen LogP contribution in [0.3, 0.4) is 0 Å². The second kappa shape index (κ2) is 11.7. The lowest BCUT2D eigenvalue weighted by Gasteiger charge is -2.26. The molecule has 0 aromatic carbocycles. The first-order valence-corrected chi connectivity index (χ1v) is 10.7. The van der Waals surface area contributed by atoms with Crippen LogP contribution in [0.4, 0.5) is 0 Å². The third-order valence-electron chi connectivity index (χ3n) is 5.00. The molecule has 0 bridgehead atoms. The molecule has 2 heterocycles. The number of guanidine groups is 1. The molecule has 1 aromatic heterocycles. The van der Waals surface area contributed by atoms with E-state index in [2.05, 4.69) is 33.1 Å². The van der Waals surface area contributed by atoms with Gasteiger partial charge in [-0.2, -0.15) is 0 Å². The van der Waals surface area contributed by atoms with Crippen LogP contribution >= 0.6 is 35.3 Å². The quantitative estimate of drug-likeness (QED) is 0.270. The highest BCUT2D eigenvalue weighted by Gasteiger charge is 2.21. The fourth-order valence-corrected chi connectivity index (χ4v) is 4.41.